The summed E-state index contributed by atoms with van der Waals surface area (Å²) in [6.07, 6.45) is 1.93. The molecule has 5 heteroatoms. The number of ether oxygens (including phenoxy) is 1. The third kappa shape index (κ3) is 5.97. The van der Waals surface area contributed by atoms with E-state index in [-0.39, 0.29) is 5.41 Å². The summed E-state index contributed by atoms with van der Waals surface area (Å²) < 4.78 is 6.82. The quantitative estimate of drug-likeness (QED) is 0.163. The van der Waals surface area contributed by atoms with Crippen LogP contribution in [0.25, 0.3) is 43.8 Å². The molecule has 3 heterocycles. The van der Waals surface area contributed by atoms with Gasteiger partial charge in [-0.1, -0.05) is 124 Å². The van der Waals surface area contributed by atoms with E-state index < -0.39 is 0 Å². The molecule has 5 nitrogen and oxygen atoms in total. The van der Waals surface area contributed by atoms with E-state index in [0.29, 0.717) is 6.67 Å². The molecule has 9 aromatic rings. The van der Waals surface area contributed by atoms with Crippen LogP contribution < -0.4 is 19.4 Å². The minimum atomic E-state index is -0.0392. The highest BCUT2D eigenvalue weighted by molar-refractivity contribution is 6.08. The van der Waals surface area contributed by atoms with Crippen LogP contribution in [0.4, 0.5) is 39.9 Å². The molecule has 0 saturated carbocycles. The lowest BCUT2D eigenvalue weighted by Gasteiger charge is -2.28. The number of benzene rings is 8. The number of hydrogen-bond donors (Lipinski definition) is 0. The molecule has 0 aliphatic carbocycles. The van der Waals surface area contributed by atoms with Crippen molar-refractivity contribution in [1.29, 1.82) is 0 Å². The monoisotopic (exact) mass is 762 g/mol. The Balaban J connectivity index is 0.962. The fourth-order valence-corrected chi connectivity index (χ4v) is 8.90. The topological polar surface area (TPSA) is 31.8 Å². The second-order valence-electron chi connectivity index (χ2n) is 16.5. The van der Waals surface area contributed by atoms with Gasteiger partial charge in [0, 0.05) is 40.8 Å². The molecule has 0 radical (unpaired) electrons. The largest absolute Gasteiger partial charge is 0.457 e. The van der Waals surface area contributed by atoms with Crippen molar-refractivity contribution in [3.63, 3.8) is 0 Å². The van der Waals surface area contributed by atoms with Gasteiger partial charge in [-0.15, -0.1) is 0 Å². The van der Waals surface area contributed by atoms with Crippen LogP contribution in [-0.4, -0.2) is 11.7 Å². The molecule has 2 aliphatic heterocycles. The summed E-state index contributed by atoms with van der Waals surface area (Å²) in [7, 11) is 0. The second-order valence-corrected chi connectivity index (χ2v) is 16.5. The molecule has 0 unspecified atom stereocenters. The highest BCUT2D eigenvalue weighted by Crippen LogP contribution is 2.52. The van der Waals surface area contributed by atoms with E-state index >= 15 is 0 Å². The van der Waals surface area contributed by atoms with E-state index in [1.807, 2.05) is 12.3 Å². The Kier molecular flexibility index (Phi) is 8.05. The number of pyridine rings is 1. The van der Waals surface area contributed by atoms with Gasteiger partial charge in [0.2, 0.25) is 0 Å². The van der Waals surface area contributed by atoms with E-state index in [9.17, 15) is 0 Å². The first-order valence-corrected chi connectivity index (χ1v) is 20.3. The van der Waals surface area contributed by atoms with Gasteiger partial charge in [-0.25, -0.2) is 4.98 Å². The zero-order valence-corrected chi connectivity index (χ0v) is 33.3. The number of nitrogens with zero attached hydrogens (tertiary/aromatic N) is 4. The molecular weight excluding hydrogens is 721 g/mol. The second kappa shape index (κ2) is 13.6. The summed E-state index contributed by atoms with van der Waals surface area (Å²) in [5.41, 5.74) is 12.5. The maximum Gasteiger partial charge on any atom is 0.137 e. The minimum Gasteiger partial charge on any atom is -0.457 e. The number of rotatable bonds is 5. The van der Waals surface area contributed by atoms with Crippen LogP contribution in [0.3, 0.4) is 0 Å². The molecule has 1 aromatic heterocycles. The lowest BCUT2D eigenvalue weighted by molar-refractivity contribution is 0.483. The van der Waals surface area contributed by atoms with Crippen molar-refractivity contribution in [2.24, 2.45) is 0 Å². The zero-order valence-electron chi connectivity index (χ0n) is 33.3. The standard InChI is InChI=1S/C54H42N4O/c1-54(2,3)38-29-30-55-53(32-38)58-49-20-9-8-19-47(49)45-17-6-7-18-46(45)48-28-26-42(34-52(48)58)59-41-15-12-14-39(33-41)56-35-57(51-22-11-10-21-50(51)56)40-25-27-44-37(31-40)24-23-36-13-4-5-16-43(36)44/h4-34H,35H2,1-3H3. The van der Waals surface area contributed by atoms with Gasteiger partial charge < -0.3 is 14.5 Å². The smallest absolute Gasteiger partial charge is 0.137 e. The molecule has 0 N–H and O–H groups in total. The maximum atomic E-state index is 6.82. The normalized spacial score (nSPS) is 13.2. The summed E-state index contributed by atoms with van der Waals surface area (Å²) in [6, 6.07) is 65.1. The van der Waals surface area contributed by atoms with Crippen LogP contribution >= 0.6 is 0 Å². The van der Waals surface area contributed by atoms with Gasteiger partial charge in [-0.2, -0.15) is 0 Å². The summed E-state index contributed by atoms with van der Waals surface area (Å²) >= 11 is 0. The molecule has 11 rings (SSSR count). The van der Waals surface area contributed by atoms with E-state index in [1.54, 1.807) is 0 Å². The van der Waals surface area contributed by atoms with E-state index in [0.717, 1.165) is 56.9 Å². The molecule has 0 atom stereocenters. The van der Waals surface area contributed by atoms with Gasteiger partial charge in [0.1, 0.15) is 24.0 Å². The number of aromatic nitrogens is 1. The Morgan fingerprint density at radius 3 is 1.86 bits per heavy atom. The van der Waals surface area contributed by atoms with E-state index in [2.05, 4.69) is 211 Å². The Morgan fingerprint density at radius 2 is 1.08 bits per heavy atom. The third-order valence-corrected chi connectivity index (χ3v) is 11.9. The molecule has 0 saturated heterocycles. The van der Waals surface area contributed by atoms with E-state index in [1.165, 1.54) is 43.9 Å². The van der Waals surface area contributed by atoms with Crippen LogP contribution in [0, 0.1) is 0 Å². The number of anilines is 7. The fraction of sp³-hybridized carbons (Fsp3) is 0.0926. The number of fused-ring (bicyclic) bond motifs is 9. The van der Waals surface area contributed by atoms with Gasteiger partial charge >= 0.3 is 0 Å². The molecule has 0 fully saturated rings. The van der Waals surface area contributed by atoms with Crippen molar-refractivity contribution in [2.75, 3.05) is 21.4 Å². The molecule has 8 aromatic carbocycles. The SMILES string of the molecule is CC(C)(C)c1ccnc(N2c3ccccc3-c3ccccc3-c3ccc(Oc4cccc(N5CN(c6ccc7c(ccc8ccccc87)c6)c6ccccc65)c4)cc32)c1. The van der Waals surface area contributed by atoms with Crippen LogP contribution in [0.5, 0.6) is 11.5 Å². The summed E-state index contributed by atoms with van der Waals surface area (Å²) in [5, 5.41) is 5.04. The van der Waals surface area contributed by atoms with Gasteiger partial charge in [-0.3, -0.25) is 4.90 Å². The Morgan fingerprint density at radius 1 is 0.458 bits per heavy atom. The molecule has 284 valence electrons. The molecule has 0 spiro atoms. The predicted octanol–water partition coefficient (Wildman–Crippen LogP) is 14.8. The first-order chi connectivity index (χ1) is 28.9. The average Bonchev–Trinajstić information content (AvgIpc) is 3.61. The van der Waals surface area contributed by atoms with Crippen molar-refractivity contribution in [3.8, 4) is 33.8 Å². The molecule has 0 bridgehead atoms. The first kappa shape index (κ1) is 34.8. The minimum absolute atomic E-state index is 0.0392. The maximum absolute atomic E-state index is 6.82. The summed E-state index contributed by atoms with van der Waals surface area (Å²) in [4.78, 5) is 12.1. The van der Waals surface area contributed by atoms with Crippen LogP contribution in [0.1, 0.15) is 26.3 Å². The highest BCUT2D eigenvalue weighted by Gasteiger charge is 2.30. The van der Waals surface area contributed by atoms with Gasteiger partial charge in [0.25, 0.3) is 0 Å². The van der Waals surface area contributed by atoms with Crippen molar-refractivity contribution in [3.05, 3.63) is 194 Å². The molecule has 2 aliphatic rings. The van der Waals surface area contributed by atoms with Gasteiger partial charge in [0.15, 0.2) is 0 Å². The predicted molar refractivity (Wildman–Crippen MR) is 246 cm³/mol. The van der Waals surface area contributed by atoms with Gasteiger partial charge in [0.05, 0.1) is 22.7 Å². The fourth-order valence-electron chi connectivity index (χ4n) is 8.90. The van der Waals surface area contributed by atoms with Crippen molar-refractivity contribution < 1.29 is 4.74 Å². The lowest BCUT2D eigenvalue weighted by atomic mass is 9.87. The molecule has 0 amide bonds. The van der Waals surface area contributed by atoms with Crippen LogP contribution in [-0.2, 0) is 5.41 Å². The Labute approximate surface area is 345 Å². The lowest BCUT2D eigenvalue weighted by Crippen LogP contribution is -2.23. The van der Waals surface area contributed by atoms with Crippen LogP contribution in [0.15, 0.2) is 188 Å². The highest BCUT2D eigenvalue weighted by atomic mass is 16.5. The average molecular weight is 763 g/mol. The Hall–Kier alpha value is -7.37. The zero-order chi connectivity index (χ0) is 39.7. The van der Waals surface area contributed by atoms with Crippen molar-refractivity contribution in [2.45, 2.75) is 26.2 Å². The van der Waals surface area contributed by atoms with Crippen molar-refractivity contribution >= 4 is 61.5 Å². The first-order valence-electron chi connectivity index (χ1n) is 20.3. The third-order valence-electron chi connectivity index (χ3n) is 11.9. The number of hydrogen-bond acceptors (Lipinski definition) is 5. The van der Waals surface area contributed by atoms with Crippen LogP contribution in [0.2, 0.25) is 0 Å². The van der Waals surface area contributed by atoms with E-state index in [4.69, 9.17) is 9.72 Å². The summed E-state index contributed by atoms with van der Waals surface area (Å²) in [5.74, 6) is 2.39. The molecular formula is C54H42N4O. The number of para-hydroxylation sites is 3. The van der Waals surface area contributed by atoms with Gasteiger partial charge in [-0.05, 0) is 110 Å². The summed E-state index contributed by atoms with van der Waals surface area (Å²) in [6.45, 7) is 7.41. The Bertz CT molecular complexity index is 3090. The van der Waals surface area contributed by atoms with Crippen molar-refractivity contribution in [1.82, 2.24) is 4.98 Å². The molecule has 59 heavy (non-hydrogen) atoms.